The van der Waals surface area contributed by atoms with Gasteiger partial charge in [-0.15, -0.1) is 0 Å². The second kappa shape index (κ2) is 3.71. The topological polar surface area (TPSA) is 43.4 Å². The molecule has 86 valence electrons. The summed E-state index contributed by atoms with van der Waals surface area (Å²) in [4.78, 5) is -0.257. The first-order valence-corrected chi connectivity index (χ1v) is 6.46. The lowest BCUT2D eigenvalue weighted by Gasteiger charge is -2.16. The van der Waals surface area contributed by atoms with Crippen LogP contribution in [0, 0.1) is 11.6 Å². The van der Waals surface area contributed by atoms with Crippen molar-refractivity contribution in [2.75, 3.05) is 6.61 Å². The predicted molar refractivity (Wildman–Crippen MR) is 54.6 cm³/mol. The average molecular weight is 267 g/mol. The number of hydrogen-bond donors (Lipinski definition) is 0. The summed E-state index contributed by atoms with van der Waals surface area (Å²) in [7, 11) is 1.14. The number of benzene rings is 1. The second-order valence-electron chi connectivity index (χ2n) is 3.14. The van der Waals surface area contributed by atoms with E-state index in [1.165, 1.54) is 0 Å². The zero-order chi connectivity index (χ0) is 11.9. The van der Waals surface area contributed by atoms with Gasteiger partial charge in [-0.05, 0) is 6.08 Å². The van der Waals surface area contributed by atoms with E-state index in [9.17, 15) is 17.2 Å². The lowest BCUT2D eigenvalue weighted by atomic mass is 10.1. The molecule has 7 heteroatoms. The van der Waals surface area contributed by atoms with E-state index in [2.05, 4.69) is 0 Å². The fourth-order valence-corrected chi connectivity index (χ4v) is 2.04. The highest BCUT2D eigenvalue weighted by Crippen LogP contribution is 2.32. The fraction of sp³-hybridized carbons (Fsp3) is 0.111. The van der Waals surface area contributed by atoms with Crippen molar-refractivity contribution < 1.29 is 21.9 Å². The van der Waals surface area contributed by atoms with Crippen molar-refractivity contribution in [1.29, 1.82) is 0 Å². The zero-order valence-electron chi connectivity index (χ0n) is 7.71. The molecule has 0 saturated heterocycles. The molecule has 0 N–H and O–H groups in total. The molecule has 0 radical (unpaired) electrons. The third-order valence-electron chi connectivity index (χ3n) is 2.04. The van der Waals surface area contributed by atoms with Gasteiger partial charge in [0.15, 0.2) is 0 Å². The van der Waals surface area contributed by atoms with Crippen LogP contribution in [-0.2, 0) is 9.05 Å². The van der Waals surface area contributed by atoms with Crippen molar-refractivity contribution in [3.05, 3.63) is 34.2 Å². The first-order valence-electron chi connectivity index (χ1n) is 4.15. The number of fused-ring (bicyclic) bond motifs is 1. The van der Waals surface area contributed by atoms with E-state index in [-0.39, 0.29) is 22.8 Å². The maximum Gasteiger partial charge on any atom is 0.260 e. The Morgan fingerprint density at radius 2 is 2.00 bits per heavy atom. The highest BCUT2D eigenvalue weighted by Gasteiger charge is 2.23. The summed E-state index contributed by atoms with van der Waals surface area (Å²) in [6.45, 7) is -0.332. The summed E-state index contributed by atoms with van der Waals surface area (Å²) in [6.07, 6.45) is 1.04. The lowest BCUT2D eigenvalue weighted by Crippen LogP contribution is -2.12. The van der Waals surface area contributed by atoms with Crippen LogP contribution in [0.5, 0.6) is 5.75 Å². The van der Waals surface area contributed by atoms with Crippen LogP contribution in [0.1, 0.15) is 5.56 Å². The molecule has 0 aromatic heterocycles. The number of rotatable bonds is 1. The van der Waals surface area contributed by atoms with Gasteiger partial charge in [-0.25, -0.2) is 17.2 Å². The van der Waals surface area contributed by atoms with E-state index in [1.807, 2.05) is 0 Å². The Kier molecular flexibility index (Phi) is 2.63. The van der Waals surface area contributed by atoms with Crippen molar-refractivity contribution in [1.82, 2.24) is 0 Å². The summed E-state index contributed by atoms with van der Waals surface area (Å²) in [5.74, 6) is -1.73. The van der Waals surface area contributed by atoms with Gasteiger partial charge >= 0.3 is 0 Å². The highest BCUT2D eigenvalue weighted by atomic mass is 35.7. The zero-order valence-corrected chi connectivity index (χ0v) is 9.28. The monoisotopic (exact) mass is 266 g/mol. The molecule has 0 atom stereocenters. The molecule has 16 heavy (non-hydrogen) atoms. The van der Waals surface area contributed by atoms with Crippen LogP contribution in [0.2, 0.25) is 0 Å². The Labute approximate surface area is 94.7 Å². The van der Waals surface area contributed by atoms with Crippen molar-refractivity contribution in [3.63, 3.8) is 0 Å². The van der Waals surface area contributed by atoms with Gasteiger partial charge in [0.05, 0.1) is 10.5 Å². The van der Waals surface area contributed by atoms with Gasteiger partial charge in [0.1, 0.15) is 24.0 Å². The summed E-state index contributed by atoms with van der Waals surface area (Å²) < 4.78 is 53.0. The number of ether oxygens (including phenoxy) is 1. The molecule has 1 aromatic carbocycles. The first kappa shape index (κ1) is 11.3. The molecule has 2 rings (SSSR count). The van der Waals surface area contributed by atoms with Gasteiger partial charge < -0.3 is 4.74 Å². The Morgan fingerprint density at radius 1 is 1.31 bits per heavy atom. The molecule has 3 nitrogen and oxygen atoms in total. The molecule has 0 aliphatic carbocycles. The third-order valence-corrected chi connectivity index (χ3v) is 3.50. The molecule has 0 saturated carbocycles. The molecule has 1 aliphatic rings. The number of halogens is 3. The van der Waals surface area contributed by atoms with Gasteiger partial charge in [-0.1, -0.05) is 0 Å². The molecule has 0 bridgehead atoms. The maximum atomic E-state index is 13.3. The quantitative estimate of drug-likeness (QED) is 0.733. The van der Waals surface area contributed by atoms with Gasteiger partial charge in [0.2, 0.25) is 0 Å². The van der Waals surface area contributed by atoms with E-state index in [0.717, 1.165) is 12.1 Å². The van der Waals surface area contributed by atoms with Crippen LogP contribution in [0.15, 0.2) is 17.0 Å². The molecular formula is C9H5ClF2O3S. The minimum Gasteiger partial charge on any atom is -0.487 e. The fourth-order valence-electron chi connectivity index (χ4n) is 1.31. The van der Waals surface area contributed by atoms with Crippen LogP contribution in [-0.4, -0.2) is 15.0 Å². The molecule has 0 unspecified atom stereocenters. The smallest absolute Gasteiger partial charge is 0.260 e. The molecular weight excluding hydrogens is 262 g/mol. The molecule has 0 spiro atoms. The van der Waals surface area contributed by atoms with Crippen LogP contribution in [0.25, 0.3) is 6.08 Å². The van der Waals surface area contributed by atoms with Crippen LogP contribution in [0.4, 0.5) is 8.78 Å². The summed E-state index contributed by atoms with van der Waals surface area (Å²) in [6, 6.07) is 1.62. The third kappa shape index (κ3) is 2.03. The molecule has 0 fully saturated rings. The lowest BCUT2D eigenvalue weighted by molar-refractivity contribution is 0.348. The molecule has 1 heterocycles. The Hall–Kier alpha value is -1.14. The predicted octanol–water partition coefficient (Wildman–Crippen LogP) is 2.27. The van der Waals surface area contributed by atoms with Gasteiger partial charge in [-0.2, -0.15) is 0 Å². The van der Waals surface area contributed by atoms with Crippen molar-refractivity contribution >= 4 is 25.8 Å². The van der Waals surface area contributed by atoms with E-state index in [4.69, 9.17) is 15.4 Å². The van der Waals surface area contributed by atoms with E-state index in [1.54, 1.807) is 0 Å². The SMILES string of the molecule is O=S(=O)(Cl)C1=Cc2c(F)cc(F)cc2OC1. The van der Waals surface area contributed by atoms with E-state index < -0.39 is 20.7 Å². The normalized spacial score (nSPS) is 15.1. The number of hydrogen-bond acceptors (Lipinski definition) is 3. The minimum atomic E-state index is -3.95. The second-order valence-corrected chi connectivity index (χ2v) is 5.76. The van der Waals surface area contributed by atoms with Crippen LogP contribution >= 0.6 is 10.7 Å². The van der Waals surface area contributed by atoms with E-state index >= 15 is 0 Å². The van der Waals surface area contributed by atoms with E-state index in [0.29, 0.717) is 6.07 Å². The Morgan fingerprint density at radius 3 is 2.62 bits per heavy atom. The average Bonchev–Trinajstić information content (AvgIpc) is 2.15. The minimum absolute atomic E-state index is 0.0402. The van der Waals surface area contributed by atoms with Crippen molar-refractivity contribution in [2.45, 2.75) is 0 Å². The largest absolute Gasteiger partial charge is 0.487 e. The van der Waals surface area contributed by atoms with Gasteiger partial charge in [0, 0.05) is 22.8 Å². The first-order chi connectivity index (χ1) is 7.38. The molecule has 1 aromatic rings. The maximum absolute atomic E-state index is 13.3. The summed E-state index contributed by atoms with van der Waals surface area (Å²) >= 11 is 0. The summed E-state index contributed by atoms with van der Waals surface area (Å²) in [5.41, 5.74) is -0.119. The summed E-state index contributed by atoms with van der Waals surface area (Å²) in [5, 5.41) is 0. The van der Waals surface area contributed by atoms with Crippen LogP contribution in [0.3, 0.4) is 0 Å². The van der Waals surface area contributed by atoms with Gasteiger partial charge in [-0.3, -0.25) is 0 Å². The molecule has 1 aliphatic heterocycles. The van der Waals surface area contributed by atoms with Crippen molar-refractivity contribution in [2.24, 2.45) is 0 Å². The highest BCUT2D eigenvalue weighted by molar-refractivity contribution is 8.17. The standard InChI is InChI=1S/C9H5ClF2O3S/c10-16(13,14)6-3-7-8(12)1-5(11)2-9(7)15-4-6/h1-3H,4H2. The Balaban J connectivity index is 2.61. The Bertz CT molecular complexity index is 581. The molecule has 0 amide bonds. The van der Waals surface area contributed by atoms with Crippen molar-refractivity contribution in [3.8, 4) is 5.75 Å². The van der Waals surface area contributed by atoms with Gasteiger partial charge in [0.25, 0.3) is 9.05 Å². The van der Waals surface area contributed by atoms with Crippen LogP contribution < -0.4 is 4.74 Å².